The van der Waals surface area contributed by atoms with Gasteiger partial charge in [0.2, 0.25) is 0 Å². The van der Waals surface area contributed by atoms with Crippen LogP contribution in [0.15, 0.2) is 14.7 Å². The molecule has 0 bridgehead atoms. The molecule has 0 saturated carbocycles. The molecule has 0 unspecified atom stereocenters. The van der Waals surface area contributed by atoms with Gasteiger partial charge in [-0.3, -0.25) is 0 Å². The molecule has 1 rings (SSSR count). The Kier molecular flexibility index (Phi) is 3.33. The third-order valence-electron chi connectivity index (χ3n) is 1.44. The van der Waals surface area contributed by atoms with Crippen molar-refractivity contribution in [1.29, 1.82) is 0 Å². The molecule has 4 nitrogen and oxygen atoms in total. The largest absolute Gasteiger partial charge is 0.465 e. The molecule has 0 saturated heterocycles. The number of sulfone groups is 1. The van der Waals surface area contributed by atoms with E-state index in [1.807, 2.05) is 0 Å². The highest BCUT2D eigenvalue weighted by atomic mass is 79.9. The van der Waals surface area contributed by atoms with Crippen molar-refractivity contribution in [3.63, 3.8) is 0 Å². The van der Waals surface area contributed by atoms with Crippen molar-refractivity contribution in [2.75, 3.05) is 13.4 Å². The Morgan fingerprint density at radius 2 is 2.14 bits per heavy atom. The molecule has 0 spiro atoms. The summed E-state index contributed by atoms with van der Waals surface area (Å²) in [5.74, 6) is -0.638. The maximum absolute atomic E-state index is 11.3. The number of rotatable bonds is 2. The van der Waals surface area contributed by atoms with Crippen LogP contribution >= 0.6 is 27.3 Å². The minimum atomic E-state index is -3.39. The summed E-state index contributed by atoms with van der Waals surface area (Å²) in [5.41, 5.74) is 0. The molecule has 7 heteroatoms. The third-order valence-corrected chi connectivity index (χ3v) is 4.31. The van der Waals surface area contributed by atoms with Crippen molar-refractivity contribution in [3.8, 4) is 0 Å². The zero-order valence-electron chi connectivity index (χ0n) is 7.40. The van der Waals surface area contributed by atoms with Gasteiger partial charge in [-0.25, -0.2) is 13.2 Å². The van der Waals surface area contributed by atoms with Gasteiger partial charge in [-0.15, -0.1) is 11.3 Å². The van der Waals surface area contributed by atoms with Crippen molar-refractivity contribution in [1.82, 2.24) is 0 Å². The third kappa shape index (κ3) is 2.34. The number of carbonyl (C=O) groups is 1. The topological polar surface area (TPSA) is 60.4 Å². The molecule has 0 N–H and O–H groups in total. The van der Waals surface area contributed by atoms with Gasteiger partial charge in [-0.2, -0.15) is 0 Å². The molecule has 1 heterocycles. The quantitative estimate of drug-likeness (QED) is 0.780. The van der Waals surface area contributed by atoms with E-state index in [0.717, 1.165) is 17.6 Å². The lowest BCUT2D eigenvalue weighted by Gasteiger charge is -1.98. The van der Waals surface area contributed by atoms with Crippen LogP contribution in [0.4, 0.5) is 0 Å². The van der Waals surface area contributed by atoms with Gasteiger partial charge in [-0.05, 0) is 22.0 Å². The summed E-state index contributed by atoms with van der Waals surface area (Å²) < 4.78 is 27.6. The van der Waals surface area contributed by atoms with Gasteiger partial charge in [0.15, 0.2) is 9.84 Å². The van der Waals surface area contributed by atoms with Crippen molar-refractivity contribution >= 4 is 43.1 Å². The summed E-state index contributed by atoms with van der Waals surface area (Å²) in [6.07, 6.45) is 1.05. The Morgan fingerprint density at radius 3 is 2.57 bits per heavy atom. The van der Waals surface area contributed by atoms with Gasteiger partial charge in [-0.1, -0.05) is 0 Å². The van der Waals surface area contributed by atoms with Crippen LogP contribution in [-0.4, -0.2) is 27.8 Å². The van der Waals surface area contributed by atoms with E-state index in [0.29, 0.717) is 3.79 Å². The van der Waals surface area contributed by atoms with Crippen LogP contribution in [0, 0.1) is 0 Å². The molecule has 1 aromatic heterocycles. The molecule has 14 heavy (non-hydrogen) atoms. The molecule has 1 aromatic rings. The van der Waals surface area contributed by atoms with Crippen LogP contribution in [0.5, 0.6) is 0 Å². The Morgan fingerprint density at radius 1 is 1.57 bits per heavy atom. The van der Waals surface area contributed by atoms with E-state index < -0.39 is 15.8 Å². The predicted octanol–water partition coefficient (Wildman–Crippen LogP) is 1.70. The minimum Gasteiger partial charge on any atom is -0.465 e. The molecule has 0 radical (unpaired) electrons. The Balaban J connectivity index is 3.38. The second kappa shape index (κ2) is 4.00. The predicted molar refractivity (Wildman–Crippen MR) is 56.5 cm³/mol. The highest BCUT2D eigenvalue weighted by Crippen LogP contribution is 2.30. The Labute approximate surface area is 93.9 Å². The normalized spacial score (nSPS) is 11.4. The number of methoxy groups -OCH3 is 1. The molecule has 0 aliphatic rings. The van der Waals surface area contributed by atoms with Crippen LogP contribution in [-0.2, 0) is 14.6 Å². The zero-order chi connectivity index (χ0) is 10.9. The maximum Gasteiger partial charge on any atom is 0.349 e. The van der Waals surface area contributed by atoms with Crippen LogP contribution < -0.4 is 0 Å². The van der Waals surface area contributed by atoms with Gasteiger partial charge >= 0.3 is 5.97 Å². The summed E-state index contributed by atoms with van der Waals surface area (Å²) >= 11 is 4.16. The van der Waals surface area contributed by atoms with Crippen LogP contribution in [0.2, 0.25) is 0 Å². The summed E-state index contributed by atoms with van der Waals surface area (Å²) in [6, 6.07) is 1.40. The van der Waals surface area contributed by atoms with E-state index in [2.05, 4.69) is 20.7 Å². The van der Waals surface area contributed by atoms with E-state index in [1.165, 1.54) is 13.2 Å². The van der Waals surface area contributed by atoms with Crippen molar-refractivity contribution < 1.29 is 17.9 Å². The fourth-order valence-corrected chi connectivity index (χ4v) is 3.83. The highest BCUT2D eigenvalue weighted by molar-refractivity contribution is 9.11. The smallest absolute Gasteiger partial charge is 0.349 e. The standard InChI is InChI=1S/C7H7BrO4S2/c1-12-7(9)6-4(14(2,10)11)3-5(8)13-6/h3H,1-2H3. The van der Waals surface area contributed by atoms with Gasteiger partial charge in [0, 0.05) is 6.26 Å². The molecule has 0 atom stereocenters. The second-order valence-electron chi connectivity index (χ2n) is 2.51. The fraction of sp³-hybridized carbons (Fsp3) is 0.286. The average molecular weight is 299 g/mol. The highest BCUT2D eigenvalue weighted by Gasteiger charge is 2.22. The minimum absolute atomic E-state index is 0.00113. The lowest BCUT2D eigenvalue weighted by Crippen LogP contribution is -2.05. The van der Waals surface area contributed by atoms with Crippen LogP contribution in [0.1, 0.15) is 9.67 Å². The first-order chi connectivity index (χ1) is 6.36. The van der Waals surface area contributed by atoms with Crippen LogP contribution in [0.3, 0.4) is 0 Å². The number of ether oxygens (including phenoxy) is 1. The first-order valence-electron chi connectivity index (χ1n) is 3.44. The molecule has 0 fully saturated rings. The molecular formula is C7H7BrO4S2. The summed E-state index contributed by atoms with van der Waals surface area (Å²) in [4.78, 5) is 11.3. The van der Waals surface area contributed by atoms with E-state index in [9.17, 15) is 13.2 Å². The SMILES string of the molecule is COC(=O)c1sc(Br)cc1S(C)(=O)=O. The number of carbonyl (C=O) groups excluding carboxylic acids is 1. The van der Waals surface area contributed by atoms with Gasteiger partial charge in [0.05, 0.1) is 15.8 Å². The number of esters is 1. The van der Waals surface area contributed by atoms with E-state index >= 15 is 0 Å². The Hall–Kier alpha value is -0.400. The van der Waals surface area contributed by atoms with Gasteiger partial charge in [0.25, 0.3) is 0 Å². The lowest BCUT2D eigenvalue weighted by molar-refractivity contribution is 0.0602. The molecule has 0 aliphatic carbocycles. The molecule has 0 aromatic carbocycles. The molecule has 0 aliphatic heterocycles. The van der Waals surface area contributed by atoms with Crippen molar-refractivity contribution in [3.05, 3.63) is 14.7 Å². The van der Waals surface area contributed by atoms with E-state index in [-0.39, 0.29) is 9.77 Å². The van der Waals surface area contributed by atoms with Crippen molar-refractivity contribution in [2.24, 2.45) is 0 Å². The van der Waals surface area contributed by atoms with E-state index in [1.54, 1.807) is 0 Å². The Bertz CT molecular complexity index is 460. The van der Waals surface area contributed by atoms with Gasteiger partial charge in [0.1, 0.15) is 4.88 Å². The van der Waals surface area contributed by atoms with Crippen molar-refractivity contribution in [2.45, 2.75) is 4.90 Å². The number of hydrogen-bond acceptors (Lipinski definition) is 5. The zero-order valence-corrected chi connectivity index (χ0v) is 10.6. The van der Waals surface area contributed by atoms with E-state index in [4.69, 9.17) is 0 Å². The number of halogens is 1. The molecule has 0 amide bonds. The van der Waals surface area contributed by atoms with Gasteiger partial charge < -0.3 is 4.74 Å². The first-order valence-corrected chi connectivity index (χ1v) is 6.94. The monoisotopic (exact) mass is 298 g/mol. The summed E-state index contributed by atoms with van der Waals surface area (Å²) in [7, 11) is -2.18. The average Bonchev–Trinajstić information content (AvgIpc) is 2.45. The molecule has 78 valence electrons. The maximum atomic E-state index is 11.3. The fourth-order valence-electron chi connectivity index (χ4n) is 0.856. The molecular weight excluding hydrogens is 292 g/mol. The number of thiophene rings is 1. The first kappa shape index (κ1) is 11.7. The number of hydrogen-bond donors (Lipinski definition) is 0. The lowest BCUT2D eigenvalue weighted by atomic mass is 10.5. The van der Waals surface area contributed by atoms with Crippen LogP contribution in [0.25, 0.3) is 0 Å². The summed E-state index contributed by atoms with van der Waals surface area (Å²) in [5, 5.41) is 0. The summed E-state index contributed by atoms with van der Waals surface area (Å²) in [6.45, 7) is 0. The second-order valence-corrected chi connectivity index (χ2v) is 6.92.